The number of aromatic carboxylic acids is 1. The standard InChI is InChI=1S/C20H21NO3/c1-20(15-8-3-2-4-9-15)12-16(13-20)21-18(22)11-14-7-5-6-10-17(14)19(23)24/h2-10,16H,11-13H2,1H3,(H,21,22)(H,23,24). The Bertz CT molecular complexity index is 748. The van der Waals surface area contributed by atoms with Crippen LogP contribution in [0.15, 0.2) is 54.6 Å². The third-order valence-corrected chi connectivity index (χ3v) is 4.83. The minimum Gasteiger partial charge on any atom is -0.478 e. The van der Waals surface area contributed by atoms with Crippen LogP contribution in [0.5, 0.6) is 0 Å². The lowest BCUT2D eigenvalue weighted by molar-refractivity contribution is -0.122. The third kappa shape index (κ3) is 3.32. The number of amides is 1. The number of carboxylic acids is 1. The molecule has 24 heavy (non-hydrogen) atoms. The van der Waals surface area contributed by atoms with Crippen molar-refractivity contribution in [1.29, 1.82) is 0 Å². The van der Waals surface area contributed by atoms with Gasteiger partial charge in [0, 0.05) is 6.04 Å². The van der Waals surface area contributed by atoms with Crippen LogP contribution in [0.4, 0.5) is 0 Å². The van der Waals surface area contributed by atoms with Crippen LogP contribution in [0.3, 0.4) is 0 Å². The summed E-state index contributed by atoms with van der Waals surface area (Å²) < 4.78 is 0. The van der Waals surface area contributed by atoms with Gasteiger partial charge in [-0.2, -0.15) is 0 Å². The first kappa shape index (κ1) is 16.2. The Morgan fingerprint density at radius 2 is 1.71 bits per heavy atom. The van der Waals surface area contributed by atoms with Gasteiger partial charge in [-0.3, -0.25) is 4.79 Å². The van der Waals surface area contributed by atoms with Crippen molar-refractivity contribution < 1.29 is 14.7 Å². The van der Waals surface area contributed by atoms with E-state index in [9.17, 15) is 14.7 Å². The molecule has 0 radical (unpaired) electrons. The number of carboxylic acid groups (broad SMARTS) is 1. The number of benzene rings is 2. The van der Waals surface area contributed by atoms with Gasteiger partial charge in [0.15, 0.2) is 0 Å². The molecule has 4 heteroatoms. The second kappa shape index (κ2) is 6.48. The predicted octanol–water partition coefficient (Wildman–Crippen LogP) is 3.16. The molecule has 0 bridgehead atoms. The fourth-order valence-electron chi connectivity index (χ4n) is 3.54. The molecule has 0 aliphatic heterocycles. The summed E-state index contributed by atoms with van der Waals surface area (Å²) in [4.78, 5) is 23.4. The topological polar surface area (TPSA) is 66.4 Å². The fourth-order valence-corrected chi connectivity index (χ4v) is 3.54. The first-order valence-electron chi connectivity index (χ1n) is 8.14. The molecule has 4 nitrogen and oxygen atoms in total. The molecule has 2 aromatic rings. The van der Waals surface area contributed by atoms with Gasteiger partial charge in [-0.05, 0) is 35.4 Å². The van der Waals surface area contributed by atoms with Crippen LogP contribution in [-0.2, 0) is 16.6 Å². The Balaban J connectivity index is 1.57. The van der Waals surface area contributed by atoms with Crippen LogP contribution >= 0.6 is 0 Å². The van der Waals surface area contributed by atoms with Gasteiger partial charge >= 0.3 is 5.97 Å². The van der Waals surface area contributed by atoms with Crippen LogP contribution in [0, 0.1) is 0 Å². The maximum absolute atomic E-state index is 12.2. The molecule has 3 rings (SSSR count). The molecule has 0 heterocycles. The Kier molecular flexibility index (Phi) is 4.38. The van der Waals surface area contributed by atoms with E-state index in [0.717, 1.165) is 12.8 Å². The monoisotopic (exact) mass is 323 g/mol. The molecule has 124 valence electrons. The van der Waals surface area contributed by atoms with Crippen molar-refractivity contribution in [3.63, 3.8) is 0 Å². The average molecular weight is 323 g/mol. The number of rotatable bonds is 5. The highest BCUT2D eigenvalue weighted by Gasteiger charge is 2.41. The first-order chi connectivity index (χ1) is 11.5. The van der Waals surface area contributed by atoms with Crippen molar-refractivity contribution in [2.75, 3.05) is 0 Å². The van der Waals surface area contributed by atoms with Gasteiger partial charge in [-0.25, -0.2) is 4.79 Å². The van der Waals surface area contributed by atoms with Crippen molar-refractivity contribution in [3.8, 4) is 0 Å². The molecule has 1 aliphatic carbocycles. The summed E-state index contributed by atoms with van der Waals surface area (Å²) in [6.45, 7) is 2.21. The molecular weight excluding hydrogens is 302 g/mol. The Morgan fingerprint density at radius 1 is 1.08 bits per heavy atom. The molecule has 2 aromatic carbocycles. The van der Waals surface area contributed by atoms with Crippen LogP contribution in [0.1, 0.15) is 41.3 Å². The Labute approximate surface area is 141 Å². The fraction of sp³-hybridized carbons (Fsp3) is 0.300. The van der Waals surface area contributed by atoms with E-state index < -0.39 is 5.97 Å². The zero-order chi connectivity index (χ0) is 17.2. The van der Waals surface area contributed by atoms with Gasteiger partial charge in [-0.15, -0.1) is 0 Å². The van der Waals surface area contributed by atoms with E-state index in [2.05, 4.69) is 24.4 Å². The smallest absolute Gasteiger partial charge is 0.335 e. The van der Waals surface area contributed by atoms with E-state index in [-0.39, 0.29) is 29.3 Å². The van der Waals surface area contributed by atoms with Crippen molar-refractivity contribution >= 4 is 11.9 Å². The van der Waals surface area contributed by atoms with Crippen LogP contribution in [0.2, 0.25) is 0 Å². The van der Waals surface area contributed by atoms with Gasteiger partial charge < -0.3 is 10.4 Å². The van der Waals surface area contributed by atoms with Crippen LogP contribution < -0.4 is 5.32 Å². The highest BCUT2D eigenvalue weighted by atomic mass is 16.4. The van der Waals surface area contributed by atoms with Crippen LogP contribution in [0.25, 0.3) is 0 Å². The third-order valence-electron chi connectivity index (χ3n) is 4.83. The summed E-state index contributed by atoms with van der Waals surface area (Å²) in [5.74, 6) is -1.12. The molecule has 1 fully saturated rings. The number of hydrogen-bond donors (Lipinski definition) is 2. The lowest BCUT2D eigenvalue weighted by atomic mass is 9.63. The van der Waals surface area contributed by atoms with E-state index in [1.54, 1.807) is 18.2 Å². The van der Waals surface area contributed by atoms with Gasteiger partial charge in [0.1, 0.15) is 0 Å². The van der Waals surface area contributed by atoms with Crippen molar-refractivity contribution in [2.45, 2.75) is 37.6 Å². The highest BCUT2D eigenvalue weighted by Crippen LogP contribution is 2.43. The molecule has 0 unspecified atom stereocenters. The Hall–Kier alpha value is -2.62. The normalized spacial score (nSPS) is 22.5. The number of hydrogen-bond acceptors (Lipinski definition) is 2. The number of carbonyl (C=O) groups excluding carboxylic acids is 1. The van der Waals surface area contributed by atoms with Gasteiger partial charge in [0.25, 0.3) is 0 Å². The average Bonchev–Trinajstić information content (AvgIpc) is 2.54. The summed E-state index contributed by atoms with van der Waals surface area (Å²) in [6.07, 6.45) is 1.91. The largest absolute Gasteiger partial charge is 0.478 e. The quantitative estimate of drug-likeness (QED) is 0.888. The molecular formula is C20H21NO3. The minimum absolute atomic E-state index is 0.0982. The van der Waals surface area contributed by atoms with Crippen molar-refractivity contribution in [1.82, 2.24) is 5.32 Å². The van der Waals surface area contributed by atoms with E-state index in [1.807, 2.05) is 18.2 Å². The lowest BCUT2D eigenvalue weighted by Gasteiger charge is -2.46. The van der Waals surface area contributed by atoms with Gasteiger partial charge in [-0.1, -0.05) is 55.5 Å². The summed E-state index contributed by atoms with van der Waals surface area (Å²) in [7, 11) is 0. The zero-order valence-corrected chi connectivity index (χ0v) is 13.7. The maximum Gasteiger partial charge on any atom is 0.335 e. The SMILES string of the molecule is CC1(c2ccccc2)CC(NC(=O)Cc2ccccc2C(=O)O)C1. The van der Waals surface area contributed by atoms with E-state index in [0.29, 0.717) is 5.56 Å². The molecule has 0 saturated heterocycles. The van der Waals surface area contributed by atoms with E-state index in [4.69, 9.17) is 0 Å². The van der Waals surface area contributed by atoms with Gasteiger partial charge in [0.2, 0.25) is 5.91 Å². The second-order valence-electron chi connectivity index (χ2n) is 6.74. The summed E-state index contributed by atoms with van der Waals surface area (Å²) in [5.41, 5.74) is 2.15. The predicted molar refractivity (Wildman–Crippen MR) is 92.1 cm³/mol. The molecule has 1 aliphatic rings. The zero-order valence-electron chi connectivity index (χ0n) is 13.7. The van der Waals surface area contributed by atoms with Gasteiger partial charge in [0.05, 0.1) is 12.0 Å². The van der Waals surface area contributed by atoms with Crippen molar-refractivity contribution in [3.05, 3.63) is 71.3 Å². The lowest BCUT2D eigenvalue weighted by Crippen LogP contribution is -2.52. The number of nitrogens with one attached hydrogen (secondary N) is 1. The summed E-state index contributed by atoms with van der Waals surface area (Å²) >= 11 is 0. The molecule has 0 aromatic heterocycles. The highest BCUT2D eigenvalue weighted by molar-refractivity contribution is 5.91. The van der Waals surface area contributed by atoms with Crippen LogP contribution in [-0.4, -0.2) is 23.0 Å². The number of carbonyl (C=O) groups is 2. The molecule has 1 saturated carbocycles. The Morgan fingerprint density at radius 3 is 2.38 bits per heavy atom. The minimum atomic E-state index is -1.00. The molecule has 2 N–H and O–H groups in total. The molecule has 1 amide bonds. The van der Waals surface area contributed by atoms with Crippen molar-refractivity contribution in [2.24, 2.45) is 0 Å². The second-order valence-corrected chi connectivity index (χ2v) is 6.74. The van der Waals surface area contributed by atoms with E-state index >= 15 is 0 Å². The first-order valence-corrected chi connectivity index (χ1v) is 8.14. The summed E-state index contributed by atoms with van der Waals surface area (Å²) in [6, 6.07) is 17.1. The maximum atomic E-state index is 12.2. The summed E-state index contributed by atoms with van der Waals surface area (Å²) in [5, 5.41) is 12.2. The molecule has 0 spiro atoms. The molecule has 0 atom stereocenters. The van der Waals surface area contributed by atoms with E-state index in [1.165, 1.54) is 11.6 Å².